The van der Waals surface area contributed by atoms with E-state index in [0.717, 1.165) is 19.3 Å². The van der Waals surface area contributed by atoms with Crippen molar-refractivity contribution < 1.29 is 0 Å². The summed E-state index contributed by atoms with van der Waals surface area (Å²) in [6, 6.07) is 32.4. The van der Waals surface area contributed by atoms with Crippen molar-refractivity contribution in [3.8, 4) is 34.6 Å². The third kappa shape index (κ3) is 3.67. The van der Waals surface area contributed by atoms with E-state index in [4.69, 9.17) is 6.42 Å². The highest BCUT2D eigenvalue weighted by Gasteiger charge is 2.49. The molecular formula is C37H36. The van der Waals surface area contributed by atoms with Crippen molar-refractivity contribution in [1.29, 1.82) is 0 Å². The Morgan fingerprint density at radius 1 is 0.784 bits per heavy atom. The molecule has 184 valence electrons. The van der Waals surface area contributed by atoms with Crippen molar-refractivity contribution in [2.24, 2.45) is 5.92 Å². The number of rotatable bonds is 8. The van der Waals surface area contributed by atoms with E-state index in [0.29, 0.717) is 5.92 Å². The summed E-state index contributed by atoms with van der Waals surface area (Å²) in [5.74, 6) is 3.36. The van der Waals surface area contributed by atoms with Crippen molar-refractivity contribution >= 4 is 0 Å². The number of unbranched alkanes of at least 4 members (excludes halogenated alkanes) is 2. The highest BCUT2D eigenvalue weighted by Crippen LogP contribution is 2.59. The van der Waals surface area contributed by atoms with Gasteiger partial charge in [0.15, 0.2) is 0 Å². The lowest BCUT2D eigenvalue weighted by atomic mass is 9.61. The van der Waals surface area contributed by atoms with Crippen molar-refractivity contribution in [2.45, 2.75) is 64.2 Å². The third-order valence-electron chi connectivity index (χ3n) is 8.94. The molecule has 0 aromatic heterocycles. The Hall–Kier alpha value is -3.56. The highest BCUT2D eigenvalue weighted by molar-refractivity contribution is 5.87. The number of aryl methyl sites for hydroxylation is 1. The first-order valence-corrected chi connectivity index (χ1v) is 14.1. The number of benzene rings is 4. The second-order valence-corrected chi connectivity index (χ2v) is 11.0. The zero-order chi connectivity index (χ0) is 25.4. The number of hydrogen-bond acceptors (Lipinski definition) is 0. The van der Waals surface area contributed by atoms with E-state index in [2.05, 4.69) is 105 Å². The Kier molecular flexibility index (Phi) is 6.26. The molecule has 0 amide bonds. The van der Waals surface area contributed by atoms with Gasteiger partial charge in [-0.05, 0) is 80.8 Å². The second kappa shape index (κ2) is 9.72. The second-order valence-electron chi connectivity index (χ2n) is 11.0. The van der Waals surface area contributed by atoms with Crippen LogP contribution in [0.1, 0.15) is 79.3 Å². The molecule has 0 heterocycles. The van der Waals surface area contributed by atoms with Crippen molar-refractivity contribution in [1.82, 2.24) is 0 Å². The predicted octanol–water partition coefficient (Wildman–Crippen LogP) is 9.35. The summed E-state index contributed by atoms with van der Waals surface area (Å²) in [4.78, 5) is 0. The molecule has 6 rings (SSSR count). The first-order chi connectivity index (χ1) is 18.2. The summed E-state index contributed by atoms with van der Waals surface area (Å²) >= 11 is 0. The minimum absolute atomic E-state index is 0.167. The molecule has 2 aliphatic carbocycles. The molecule has 0 spiro atoms. The van der Waals surface area contributed by atoms with Crippen molar-refractivity contribution in [3.63, 3.8) is 0 Å². The Balaban J connectivity index is 1.67. The molecule has 2 aliphatic rings. The van der Waals surface area contributed by atoms with Gasteiger partial charge in [-0.3, -0.25) is 0 Å². The summed E-state index contributed by atoms with van der Waals surface area (Å²) in [7, 11) is 0. The van der Waals surface area contributed by atoms with Crippen LogP contribution in [0.5, 0.6) is 0 Å². The van der Waals surface area contributed by atoms with Gasteiger partial charge in [0.2, 0.25) is 0 Å². The normalized spacial score (nSPS) is 14.8. The van der Waals surface area contributed by atoms with Crippen LogP contribution in [0.25, 0.3) is 22.3 Å². The van der Waals surface area contributed by atoms with Crippen LogP contribution < -0.4 is 0 Å². The maximum atomic E-state index is 5.74. The molecule has 1 unspecified atom stereocenters. The lowest BCUT2D eigenvalue weighted by molar-refractivity contribution is 0.369. The molecule has 0 fully saturated rings. The van der Waals surface area contributed by atoms with Gasteiger partial charge >= 0.3 is 0 Å². The van der Waals surface area contributed by atoms with Crippen LogP contribution in [0.4, 0.5) is 0 Å². The molecule has 4 aromatic rings. The van der Waals surface area contributed by atoms with Crippen LogP contribution in [0.2, 0.25) is 0 Å². The standard InChI is InChI=1S/C37H36/c1-4-6-8-15-26(3)37(34-21-13-11-19-30(34)31-20-12-14-22-35(31)37)36-24-27(16-7-5-2)23-32-29-18-10-9-17-28(29)25-33(32)36/h2,9-14,17-24,26H,4,6-8,15-16,25H2,1,3H3. The third-order valence-corrected chi connectivity index (χ3v) is 8.94. The fourth-order valence-corrected chi connectivity index (χ4v) is 7.28. The summed E-state index contributed by atoms with van der Waals surface area (Å²) in [5.41, 5.74) is 14.2. The lowest BCUT2D eigenvalue weighted by Gasteiger charge is -2.41. The van der Waals surface area contributed by atoms with E-state index >= 15 is 0 Å². The Morgan fingerprint density at radius 3 is 2.11 bits per heavy atom. The van der Waals surface area contributed by atoms with Crippen LogP contribution in [0.15, 0.2) is 84.9 Å². The molecule has 0 bridgehead atoms. The zero-order valence-electron chi connectivity index (χ0n) is 22.2. The van der Waals surface area contributed by atoms with Gasteiger partial charge in [-0.2, -0.15) is 0 Å². The van der Waals surface area contributed by atoms with Gasteiger partial charge in [0.25, 0.3) is 0 Å². The number of hydrogen-bond donors (Lipinski definition) is 0. The first kappa shape index (κ1) is 23.8. The summed E-state index contributed by atoms with van der Waals surface area (Å²) in [6.07, 6.45) is 13.5. The molecule has 0 saturated carbocycles. The molecular weight excluding hydrogens is 444 g/mol. The molecule has 0 saturated heterocycles. The van der Waals surface area contributed by atoms with E-state index in [1.807, 2.05) is 0 Å². The predicted molar refractivity (Wildman–Crippen MR) is 157 cm³/mol. The van der Waals surface area contributed by atoms with Crippen LogP contribution in [-0.2, 0) is 18.3 Å². The van der Waals surface area contributed by atoms with Crippen molar-refractivity contribution in [2.75, 3.05) is 0 Å². The van der Waals surface area contributed by atoms with Crippen LogP contribution >= 0.6 is 0 Å². The smallest absolute Gasteiger partial charge is 0.0492 e. The van der Waals surface area contributed by atoms with E-state index < -0.39 is 0 Å². The largest absolute Gasteiger partial charge is 0.120 e. The highest BCUT2D eigenvalue weighted by atomic mass is 14.5. The van der Waals surface area contributed by atoms with E-state index in [9.17, 15) is 0 Å². The molecule has 0 aliphatic heterocycles. The first-order valence-electron chi connectivity index (χ1n) is 14.1. The average molecular weight is 481 g/mol. The fraction of sp³-hybridized carbons (Fsp3) is 0.297. The van der Waals surface area contributed by atoms with Gasteiger partial charge in [0, 0.05) is 11.8 Å². The molecule has 0 N–H and O–H groups in total. The van der Waals surface area contributed by atoms with E-state index in [1.54, 1.807) is 0 Å². The van der Waals surface area contributed by atoms with Gasteiger partial charge in [-0.25, -0.2) is 0 Å². The molecule has 1 atom stereocenters. The minimum Gasteiger partial charge on any atom is -0.120 e. The molecule has 0 radical (unpaired) electrons. The van der Waals surface area contributed by atoms with Gasteiger partial charge in [-0.1, -0.05) is 118 Å². The Morgan fingerprint density at radius 2 is 1.43 bits per heavy atom. The summed E-state index contributed by atoms with van der Waals surface area (Å²) < 4.78 is 0. The Labute approximate surface area is 222 Å². The van der Waals surface area contributed by atoms with Gasteiger partial charge in [-0.15, -0.1) is 12.3 Å². The zero-order valence-corrected chi connectivity index (χ0v) is 22.2. The summed E-state index contributed by atoms with van der Waals surface area (Å²) in [5, 5.41) is 0. The number of terminal acetylenes is 1. The maximum Gasteiger partial charge on any atom is 0.0492 e. The molecule has 0 heteroatoms. The van der Waals surface area contributed by atoms with Crippen molar-refractivity contribution in [3.05, 3.63) is 118 Å². The molecule has 4 aromatic carbocycles. The Bertz CT molecular complexity index is 1450. The maximum absolute atomic E-state index is 5.74. The van der Waals surface area contributed by atoms with Gasteiger partial charge in [0.1, 0.15) is 0 Å². The quantitative estimate of drug-likeness (QED) is 0.153. The summed E-state index contributed by atoms with van der Waals surface area (Å²) in [6.45, 7) is 4.82. The monoisotopic (exact) mass is 480 g/mol. The average Bonchev–Trinajstić information content (AvgIpc) is 3.46. The molecule has 37 heavy (non-hydrogen) atoms. The van der Waals surface area contributed by atoms with Crippen LogP contribution in [0.3, 0.4) is 0 Å². The number of fused-ring (bicyclic) bond motifs is 6. The lowest BCUT2D eigenvalue weighted by Crippen LogP contribution is -2.36. The molecule has 0 nitrogen and oxygen atoms in total. The van der Waals surface area contributed by atoms with Crippen LogP contribution in [-0.4, -0.2) is 0 Å². The minimum atomic E-state index is -0.167. The van der Waals surface area contributed by atoms with E-state index in [-0.39, 0.29) is 5.41 Å². The van der Waals surface area contributed by atoms with E-state index in [1.165, 1.54) is 81.3 Å². The van der Waals surface area contributed by atoms with Gasteiger partial charge < -0.3 is 0 Å². The van der Waals surface area contributed by atoms with Gasteiger partial charge in [0.05, 0.1) is 0 Å². The fourth-order valence-electron chi connectivity index (χ4n) is 7.28. The topological polar surface area (TPSA) is 0 Å². The SMILES string of the molecule is C#CCCc1cc2c(c(C3(C(C)CCCCC)c4ccccc4-c4ccccc43)c1)Cc1ccccc1-2. The van der Waals surface area contributed by atoms with Crippen LogP contribution in [0, 0.1) is 18.3 Å².